The van der Waals surface area contributed by atoms with Crippen molar-refractivity contribution in [2.24, 2.45) is 0 Å². The maximum Gasteiger partial charge on any atom is 0.234 e. The highest BCUT2D eigenvalue weighted by Gasteiger charge is 2.40. The zero-order valence-corrected chi connectivity index (χ0v) is 14.7. The summed E-state index contributed by atoms with van der Waals surface area (Å²) in [6.07, 6.45) is 5.70. The second-order valence-corrected chi connectivity index (χ2v) is 7.47. The van der Waals surface area contributed by atoms with Crippen molar-refractivity contribution >= 4 is 5.91 Å². The summed E-state index contributed by atoms with van der Waals surface area (Å²) < 4.78 is 0. The molecule has 4 rings (SSSR count). The normalized spacial score (nSPS) is 18.6. The van der Waals surface area contributed by atoms with Gasteiger partial charge in [0, 0.05) is 12.6 Å². The fourth-order valence-electron chi connectivity index (χ4n) is 3.84. The standard InChI is InChI=1S/C22H26N2O/c25-21(23-22(14-7-15-22)19-10-5-2-6-11-19)17-24(20-12-13-20)16-18-8-3-1-4-9-18/h1-6,8-11,20H,7,12-17H2,(H,23,25). The highest BCUT2D eigenvalue weighted by atomic mass is 16.2. The quantitative estimate of drug-likeness (QED) is 0.834. The van der Waals surface area contributed by atoms with Crippen molar-refractivity contribution in [1.82, 2.24) is 10.2 Å². The van der Waals surface area contributed by atoms with Gasteiger partial charge in [-0.1, -0.05) is 60.7 Å². The van der Waals surface area contributed by atoms with Crippen molar-refractivity contribution < 1.29 is 4.79 Å². The summed E-state index contributed by atoms with van der Waals surface area (Å²) >= 11 is 0. The van der Waals surface area contributed by atoms with Crippen molar-refractivity contribution in [3.63, 3.8) is 0 Å². The van der Waals surface area contributed by atoms with Crippen LogP contribution in [0.2, 0.25) is 0 Å². The Morgan fingerprint density at radius 3 is 2.20 bits per heavy atom. The van der Waals surface area contributed by atoms with Crippen LogP contribution < -0.4 is 5.32 Å². The van der Waals surface area contributed by atoms with Gasteiger partial charge in [0.05, 0.1) is 12.1 Å². The Kier molecular flexibility index (Phi) is 4.58. The Morgan fingerprint density at radius 1 is 1.00 bits per heavy atom. The number of benzene rings is 2. The highest BCUT2D eigenvalue weighted by Crippen LogP contribution is 2.41. The average molecular weight is 334 g/mol. The van der Waals surface area contributed by atoms with E-state index in [9.17, 15) is 4.79 Å². The van der Waals surface area contributed by atoms with Gasteiger partial charge in [0.1, 0.15) is 0 Å². The molecule has 0 heterocycles. The molecule has 2 aromatic carbocycles. The van der Waals surface area contributed by atoms with E-state index < -0.39 is 0 Å². The summed E-state index contributed by atoms with van der Waals surface area (Å²) in [7, 11) is 0. The lowest BCUT2D eigenvalue weighted by atomic mass is 9.72. The molecular weight excluding hydrogens is 308 g/mol. The molecule has 2 aliphatic rings. The van der Waals surface area contributed by atoms with E-state index in [0.717, 1.165) is 19.4 Å². The smallest absolute Gasteiger partial charge is 0.234 e. The van der Waals surface area contributed by atoms with Gasteiger partial charge in [0.15, 0.2) is 0 Å². The molecule has 0 atom stereocenters. The minimum Gasteiger partial charge on any atom is -0.345 e. The minimum atomic E-state index is -0.139. The van der Waals surface area contributed by atoms with Crippen LogP contribution >= 0.6 is 0 Å². The van der Waals surface area contributed by atoms with Gasteiger partial charge < -0.3 is 5.32 Å². The Hall–Kier alpha value is -2.13. The maximum atomic E-state index is 12.8. The van der Waals surface area contributed by atoms with Crippen LogP contribution in [0.5, 0.6) is 0 Å². The van der Waals surface area contributed by atoms with Gasteiger partial charge in [0.2, 0.25) is 5.91 Å². The molecule has 0 saturated heterocycles. The zero-order chi connectivity index (χ0) is 17.1. The first-order valence-electron chi connectivity index (χ1n) is 9.40. The fourth-order valence-corrected chi connectivity index (χ4v) is 3.84. The fraction of sp³-hybridized carbons (Fsp3) is 0.409. The number of amides is 1. The van der Waals surface area contributed by atoms with Gasteiger partial charge in [0.25, 0.3) is 0 Å². The number of carbonyl (C=O) groups is 1. The van der Waals surface area contributed by atoms with Crippen LogP contribution in [0.25, 0.3) is 0 Å². The number of hydrogen-bond acceptors (Lipinski definition) is 2. The predicted molar refractivity (Wildman–Crippen MR) is 100.0 cm³/mol. The first-order chi connectivity index (χ1) is 12.3. The zero-order valence-electron chi connectivity index (χ0n) is 14.7. The first-order valence-corrected chi connectivity index (χ1v) is 9.40. The summed E-state index contributed by atoms with van der Waals surface area (Å²) in [4.78, 5) is 15.1. The third kappa shape index (κ3) is 3.77. The molecule has 0 aliphatic heterocycles. The van der Waals surface area contributed by atoms with Crippen LogP contribution in [0.1, 0.15) is 43.2 Å². The van der Waals surface area contributed by atoms with E-state index in [0.29, 0.717) is 12.6 Å². The molecular formula is C22H26N2O. The number of hydrogen-bond donors (Lipinski definition) is 1. The van der Waals surface area contributed by atoms with Crippen molar-refractivity contribution in [3.05, 3.63) is 71.8 Å². The van der Waals surface area contributed by atoms with E-state index in [1.54, 1.807) is 0 Å². The molecule has 0 bridgehead atoms. The molecule has 0 radical (unpaired) electrons. The van der Waals surface area contributed by atoms with E-state index in [-0.39, 0.29) is 11.4 Å². The van der Waals surface area contributed by atoms with Crippen molar-refractivity contribution in [2.45, 2.75) is 50.2 Å². The topological polar surface area (TPSA) is 32.3 Å². The van der Waals surface area contributed by atoms with Gasteiger partial charge in [-0.05, 0) is 43.2 Å². The van der Waals surface area contributed by atoms with Gasteiger partial charge >= 0.3 is 0 Å². The summed E-state index contributed by atoms with van der Waals surface area (Å²) in [6, 6.07) is 21.5. The van der Waals surface area contributed by atoms with Crippen LogP contribution in [0.3, 0.4) is 0 Å². The van der Waals surface area contributed by atoms with Crippen molar-refractivity contribution in [3.8, 4) is 0 Å². The van der Waals surface area contributed by atoms with Crippen LogP contribution in [0.4, 0.5) is 0 Å². The third-order valence-corrected chi connectivity index (χ3v) is 5.55. The van der Waals surface area contributed by atoms with Gasteiger partial charge in [-0.2, -0.15) is 0 Å². The molecule has 1 amide bonds. The monoisotopic (exact) mass is 334 g/mol. The number of rotatable bonds is 7. The van der Waals surface area contributed by atoms with Crippen LogP contribution in [0, 0.1) is 0 Å². The summed E-state index contributed by atoms with van der Waals surface area (Å²) in [5.74, 6) is 0.159. The summed E-state index contributed by atoms with van der Waals surface area (Å²) in [5.41, 5.74) is 2.39. The van der Waals surface area contributed by atoms with Crippen molar-refractivity contribution in [2.75, 3.05) is 6.54 Å². The van der Waals surface area contributed by atoms with Crippen LogP contribution in [-0.2, 0) is 16.9 Å². The van der Waals surface area contributed by atoms with E-state index in [1.165, 1.54) is 30.4 Å². The van der Waals surface area contributed by atoms with E-state index in [2.05, 4.69) is 58.7 Å². The molecule has 3 heteroatoms. The molecule has 0 aromatic heterocycles. The minimum absolute atomic E-state index is 0.139. The molecule has 3 nitrogen and oxygen atoms in total. The van der Waals surface area contributed by atoms with E-state index in [4.69, 9.17) is 0 Å². The van der Waals surface area contributed by atoms with Crippen molar-refractivity contribution in [1.29, 1.82) is 0 Å². The lowest BCUT2D eigenvalue weighted by molar-refractivity contribution is -0.125. The Labute approximate surface area is 150 Å². The first kappa shape index (κ1) is 16.3. The number of carbonyl (C=O) groups excluding carboxylic acids is 1. The molecule has 25 heavy (non-hydrogen) atoms. The molecule has 2 aromatic rings. The Balaban J connectivity index is 1.41. The highest BCUT2D eigenvalue weighted by molar-refractivity contribution is 5.79. The maximum absolute atomic E-state index is 12.8. The molecule has 2 saturated carbocycles. The lowest BCUT2D eigenvalue weighted by Crippen LogP contribution is -2.53. The molecule has 0 unspecified atom stereocenters. The van der Waals surface area contributed by atoms with Gasteiger partial charge in [-0.3, -0.25) is 9.69 Å². The molecule has 2 aliphatic carbocycles. The predicted octanol–water partition coefficient (Wildman–Crippen LogP) is 3.85. The Morgan fingerprint density at radius 2 is 1.64 bits per heavy atom. The largest absolute Gasteiger partial charge is 0.345 e. The van der Waals surface area contributed by atoms with E-state index >= 15 is 0 Å². The molecule has 130 valence electrons. The third-order valence-electron chi connectivity index (χ3n) is 5.55. The number of nitrogens with one attached hydrogen (secondary N) is 1. The summed E-state index contributed by atoms with van der Waals surface area (Å²) in [5, 5.41) is 3.36. The molecule has 2 fully saturated rings. The summed E-state index contributed by atoms with van der Waals surface area (Å²) in [6.45, 7) is 1.35. The SMILES string of the molecule is O=C(CN(Cc1ccccc1)C1CC1)NC1(c2ccccc2)CCC1. The molecule has 0 spiro atoms. The van der Waals surface area contributed by atoms with Gasteiger partial charge in [-0.25, -0.2) is 0 Å². The van der Waals surface area contributed by atoms with Gasteiger partial charge in [-0.15, -0.1) is 0 Å². The Bertz CT molecular complexity index is 705. The lowest BCUT2D eigenvalue weighted by Gasteiger charge is -2.43. The van der Waals surface area contributed by atoms with Crippen LogP contribution in [0.15, 0.2) is 60.7 Å². The van der Waals surface area contributed by atoms with Crippen LogP contribution in [-0.4, -0.2) is 23.4 Å². The second kappa shape index (κ2) is 7.01. The second-order valence-electron chi connectivity index (χ2n) is 7.47. The number of nitrogens with zero attached hydrogens (tertiary/aromatic N) is 1. The molecule has 1 N–H and O–H groups in total. The van der Waals surface area contributed by atoms with E-state index in [1.807, 2.05) is 12.1 Å². The average Bonchev–Trinajstić information content (AvgIpc) is 3.44.